The van der Waals surface area contributed by atoms with Gasteiger partial charge in [-0.15, -0.1) is 0 Å². The van der Waals surface area contributed by atoms with E-state index in [2.05, 4.69) is 10.6 Å². The van der Waals surface area contributed by atoms with E-state index < -0.39 is 15.9 Å². The van der Waals surface area contributed by atoms with Crippen molar-refractivity contribution in [2.45, 2.75) is 24.7 Å². The van der Waals surface area contributed by atoms with Crippen molar-refractivity contribution in [2.75, 3.05) is 39.4 Å². The highest BCUT2D eigenvalue weighted by atomic mass is 32.2. The summed E-state index contributed by atoms with van der Waals surface area (Å²) in [7, 11) is -3.59. The van der Waals surface area contributed by atoms with Gasteiger partial charge in [0.05, 0.1) is 24.7 Å². The number of sulfonamides is 1. The number of benzene rings is 1. The summed E-state index contributed by atoms with van der Waals surface area (Å²) in [5.74, 6) is -0.677. The summed E-state index contributed by atoms with van der Waals surface area (Å²) < 4.78 is 31.6. The summed E-state index contributed by atoms with van der Waals surface area (Å²) in [6, 6.07) is 5.69. The Labute approximate surface area is 153 Å². The first-order chi connectivity index (χ1) is 12.4. The van der Waals surface area contributed by atoms with Crippen LogP contribution < -0.4 is 10.6 Å². The average Bonchev–Trinajstić information content (AvgIpc) is 2.67. The van der Waals surface area contributed by atoms with Gasteiger partial charge < -0.3 is 15.4 Å². The number of carbonyl (C=O) groups excluding carboxylic acids is 2. The zero-order valence-electron chi connectivity index (χ0n) is 14.9. The first-order valence-electron chi connectivity index (χ1n) is 8.68. The number of rotatable bonds is 8. The third kappa shape index (κ3) is 5.52. The molecule has 8 nitrogen and oxygen atoms in total. The van der Waals surface area contributed by atoms with Crippen LogP contribution in [0.25, 0.3) is 0 Å². The summed E-state index contributed by atoms with van der Waals surface area (Å²) in [6.45, 7) is 3.88. The quantitative estimate of drug-likeness (QED) is 0.631. The second-order valence-corrected chi connectivity index (χ2v) is 7.86. The Bertz CT molecular complexity index is 712. The first-order valence-corrected chi connectivity index (χ1v) is 10.1. The standard InChI is InChI=1S/C17H25N3O5S/c1-2-3-8-18-16(21)13-19-17(22)14-4-6-15(7-5-14)26(23,24)20-9-11-25-12-10-20/h4-7H,2-3,8-13H2,1H3,(H,18,21)(H,19,22). The van der Waals surface area contributed by atoms with Gasteiger partial charge in [-0.05, 0) is 30.7 Å². The van der Waals surface area contributed by atoms with Gasteiger partial charge in [-0.2, -0.15) is 4.31 Å². The molecule has 0 aromatic heterocycles. The third-order valence-corrected chi connectivity index (χ3v) is 5.90. The maximum atomic E-state index is 12.5. The molecule has 2 rings (SSSR count). The summed E-state index contributed by atoms with van der Waals surface area (Å²) in [6.07, 6.45) is 1.87. The number of hydrogen-bond donors (Lipinski definition) is 2. The third-order valence-electron chi connectivity index (χ3n) is 3.99. The Morgan fingerprint density at radius 3 is 2.38 bits per heavy atom. The fraction of sp³-hybridized carbons (Fsp3) is 0.529. The van der Waals surface area contributed by atoms with Crippen molar-refractivity contribution in [3.63, 3.8) is 0 Å². The molecule has 1 saturated heterocycles. The summed E-state index contributed by atoms with van der Waals surface area (Å²) in [4.78, 5) is 23.8. The van der Waals surface area contributed by atoms with E-state index in [1.807, 2.05) is 6.92 Å². The van der Waals surface area contributed by atoms with Crippen molar-refractivity contribution < 1.29 is 22.7 Å². The predicted molar refractivity (Wildman–Crippen MR) is 96.3 cm³/mol. The first kappa shape index (κ1) is 20.3. The molecule has 144 valence electrons. The lowest BCUT2D eigenvalue weighted by Gasteiger charge is -2.26. The molecule has 26 heavy (non-hydrogen) atoms. The maximum absolute atomic E-state index is 12.5. The van der Waals surface area contributed by atoms with Crippen LogP contribution >= 0.6 is 0 Å². The molecule has 0 saturated carbocycles. The van der Waals surface area contributed by atoms with Crippen LogP contribution in [0.5, 0.6) is 0 Å². The Balaban J connectivity index is 1.91. The number of amides is 2. The van der Waals surface area contributed by atoms with E-state index in [9.17, 15) is 18.0 Å². The van der Waals surface area contributed by atoms with E-state index in [0.29, 0.717) is 38.4 Å². The topological polar surface area (TPSA) is 105 Å². The molecule has 0 spiro atoms. The summed E-state index contributed by atoms with van der Waals surface area (Å²) in [5, 5.41) is 5.23. The van der Waals surface area contributed by atoms with Crippen LogP contribution in [-0.4, -0.2) is 63.9 Å². The van der Waals surface area contributed by atoms with Gasteiger partial charge in [-0.1, -0.05) is 13.3 Å². The summed E-state index contributed by atoms with van der Waals surface area (Å²) >= 11 is 0. The van der Waals surface area contributed by atoms with Crippen molar-refractivity contribution in [3.05, 3.63) is 29.8 Å². The van der Waals surface area contributed by atoms with Crippen molar-refractivity contribution in [1.82, 2.24) is 14.9 Å². The highest BCUT2D eigenvalue weighted by Gasteiger charge is 2.26. The van der Waals surface area contributed by atoms with Gasteiger partial charge in [0, 0.05) is 25.2 Å². The molecular weight excluding hydrogens is 358 g/mol. The van der Waals surface area contributed by atoms with Crippen molar-refractivity contribution in [2.24, 2.45) is 0 Å². The van der Waals surface area contributed by atoms with Gasteiger partial charge in [0.15, 0.2) is 0 Å². The number of unbranched alkanes of at least 4 members (excludes halogenated alkanes) is 1. The van der Waals surface area contributed by atoms with Crippen LogP contribution in [0.1, 0.15) is 30.1 Å². The number of nitrogens with one attached hydrogen (secondary N) is 2. The van der Waals surface area contributed by atoms with Crippen LogP contribution in [0, 0.1) is 0 Å². The lowest BCUT2D eigenvalue weighted by Crippen LogP contribution is -2.40. The fourth-order valence-electron chi connectivity index (χ4n) is 2.44. The number of nitrogens with zero attached hydrogens (tertiary/aromatic N) is 1. The normalized spacial score (nSPS) is 15.4. The minimum absolute atomic E-state index is 0.115. The minimum atomic E-state index is -3.59. The molecule has 2 N–H and O–H groups in total. The van der Waals surface area contributed by atoms with E-state index in [-0.39, 0.29) is 17.3 Å². The Morgan fingerprint density at radius 1 is 1.12 bits per heavy atom. The lowest BCUT2D eigenvalue weighted by molar-refractivity contribution is -0.120. The van der Waals surface area contributed by atoms with Gasteiger partial charge in [0.25, 0.3) is 5.91 Å². The maximum Gasteiger partial charge on any atom is 0.251 e. The van der Waals surface area contributed by atoms with Gasteiger partial charge >= 0.3 is 0 Å². The van der Waals surface area contributed by atoms with Crippen LogP contribution in [0.15, 0.2) is 29.2 Å². The molecule has 9 heteroatoms. The van der Waals surface area contributed by atoms with Gasteiger partial charge in [-0.3, -0.25) is 9.59 Å². The second kappa shape index (κ2) is 9.65. The van der Waals surface area contributed by atoms with Crippen molar-refractivity contribution in [1.29, 1.82) is 0 Å². The van der Waals surface area contributed by atoms with Crippen molar-refractivity contribution >= 4 is 21.8 Å². The molecule has 1 aromatic carbocycles. The minimum Gasteiger partial charge on any atom is -0.379 e. The van der Waals surface area contributed by atoms with E-state index in [1.54, 1.807) is 0 Å². The number of morpholine rings is 1. The van der Waals surface area contributed by atoms with Gasteiger partial charge in [-0.25, -0.2) is 8.42 Å². The monoisotopic (exact) mass is 383 g/mol. The van der Waals surface area contributed by atoms with E-state index in [1.165, 1.54) is 28.6 Å². The molecule has 0 atom stereocenters. The van der Waals surface area contributed by atoms with Crippen LogP contribution in [0.4, 0.5) is 0 Å². The zero-order chi connectivity index (χ0) is 19.0. The van der Waals surface area contributed by atoms with Crippen LogP contribution in [0.3, 0.4) is 0 Å². The lowest BCUT2D eigenvalue weighted by atomic mass is 10.2. The van der Waals surface area contributed by atoms with Crippen LogP contribution in [0.2, 0.25) is 0 Å². The fourth-order valence-corrected chi connectivity index (χ4v) is 3.85. The molecule has 1 aromatic rings. The SMILES string of the molecule is CCCCNC(=O)CNC(=O)c1ccc(S(=O)(=O)N2CCOCC2)cc1. The largest absolute Gasteiger partial charge is 0.379 e. The van der Waals surface area contributed by atoms with Crippen molar-refractivity contribution in [3.8, 4) is 0 Å². The number of hydrogen-bond acceptors (Lipinski definition) is 5. The van der Waals surface area contributed by atoms with Crippen LogP contribution in [-0.2, 0) is 19.6 Å². The molecule has 0 aliphatic carbocycles. The molecule has 0 unspecified atom stereocenters. The molecule has 1 fully saturated rings. The molecule has 0 bridgehead atoms. The summed E-state index contributed by atoms with van der Waals surface area (Å²) in [5.41, 5.74) is 0.298. The van der Waals surface area contributed by atoms with E-state index >= 15 is 0 Å². The van der Waals surface area contributed by atoms with Gasteiger partial charge in [0.1, 0.15) is 0 Å². The molecule has 1 heterocycles. The van der Waals surface area contributed by atoms with Gasteiger partial charge in [0.2, 0.25) is 15.9 Å². The predicted octanol–water partition coefficient (Wildman–Crippen LogP) is 0.354. The Hall–Kier alpha value is -1.97. The Kier molecular flexibility index (Phi) is 7.55. The smallest absolute Gasteiger partial charge is 0.251 e. The molecule has 2 amide bonds. The highest BCUT2D eigenvalue weighted by Crippen LogP contribution is 2.17. The second-order valence-electron chi connectivity index (χ2n) is 5.93. The molecule has 1 aliphatic heterocycles. The Morgan fingerprint density at radius 2 is 1.77 bits per heavy atom. The average molecular weight is 383 g/mol. The van der Waals surface area contributed by atoms with E-state index in [4.69, 9.17) is 4.74 Å². The number of carbonyl (C=O) groups is 2. The molecule has 0 radical (unpaired) electrons. The highest BCUT2D eigenvalue weighted by molar-refractivity contribution is 7.89. The molecule has 1 aliphatic rings. The van der Waals surface area contributed by atoms with E-state index in [0.717, 1.165) is 12.8 Å². The zero-order valence-corrected chi connectivity index (χ0v) is 15.7. The molecular formula is C17H25N3O5S. The number of ether oxygens (including phenoxy) is 1.